The van der Waals surface area contributed by atoms with Crippen LogP contribution in [0.2, 0.25) is 0 Å². The van der Waals surface area contributed by atoms with Gasteiger partial charge in [-0.15, -0.1) is 12.4 Å². The summed E-state index contributed by atoms with van der Waals surface area (Å²) in [7, 11) is 0. The van der Waals surface area contributed by atoms with Crippen LogP contribution in [0.1, 0.15) is 30.1 Å². The van der Waals surface area contributed by atoms with Gasteiger partial charge in [0.1, 0.15) is 17.2 Å². The number of carbonyl (C=O) groups is 1. The van der Waals surface area contributed by atoms with E-state index in [0.29, 0.717) is 6.54 Å². The van der Waals surface area contributed by atoms with Crippen molar-refractivity contribution in [3.05, 3.63) is 35.4 Å². The first-order valence-electron chi connectivity index (χ1n) is 6.45. The van der Waals surface area contributed by atoms with Gasteiger partial charge in [-0.3, -0.25) is 4.79 Å². The number of hydrogen-bond acceptors (Lipinski definition) is 2. The van der Waals surface area contributed by atoms with Crippen LogP contribution < -0.4 is 10.6 Å². The predicted octanol–water partition coefficient (Wildman–Crippen LogP) is 2.51. The van der Waals surface area contributed by atoms with Gasteiger partial charge in [0, 0.05) is 6.54 Å². The smallest absolute Gasteiger partial charge is 0.257 e. The van der Waals surface area contributed by atoms with Crippen LogP contribution >= 0.6 is 12.4 Å². The number of amides is 1. The summed E-state index contributed by atoms with van der Waals surface area (Å²) < 4.78 is 26.9. The minimum Gasteiger partial charge on any atom is -0.351 e. The number of rotatable bonds is 3. The number of nitrogens with one attached hydrogen (secondary N) is 2. The number of hydrogen-bond donors (Lipinski definition) is 2. The lowest BCUT2D eigenvalue weighted by Gasteiger charge is -2.34. The van der Waals surface area contributed by atoms with Crippen LogP contribution in [-0.2, 0) is 0 Å². The van der Waals surface area contributed by atoms with Gasteiger partial charge in [-0.1, -0.05) is 13.0 Å². The molecule has 0 unspecified atom stereocenters. The molecule has 1 aliphatic heterocycles. The van der Waals surface area contributed by atoms with Crippen molar-refractivity contribution in [2.75, 3.05) is 19.6 Å². The second kappa shape index (κ2) is 6.99. The van der Waals surface area contributed by atoms with Crippen molar-refractivity contribution in [1.82, 2.24) is 10.6 Å². The van der Waals surface area contributed by atoms with E-state index >= 15 is 0 Å². The zero-order valence-corrected chi connectivity index (χ0v) is 12.2. The molecule has 1 heterocycles. The first-order chi connectivity index (χ1) is 9.02. The molecule has 0 aliphatic carbocycles. The fourth-order valence-electron chi connectivity index (χ4n) is 2.30. The summed E-state index contributed by atoms with van der Waals surface area (Å²) in [6.07, 6.45) is 1.88. The van der Waals surface area contributed by atoms with Crippen molar-refractivity contribution in [3.63, 3.8) is 0 Å². The zero-order chi connectivity index (χ0) is 13.9. The normalized spacial score (nSPS) is 17.1. The Labute approximate surface area is 123 Å². The van der Waals surface area contributed by atoms with Crippen molar-refractivity contribution in [2.45, 2.75) is 19.8 Å². The van der Waals surface area contributed by atoms with Gasteiger partial charge in [0.2, 0.25) is 0 Å². The average Bonchev–Trinajstić information content (AvgIpc) is 2.37. The molecule has 112 valence electrons. The molecule has 1 aromatic rings. The van der Waals surface area contributed by atoms with E-state index in [4.69, 9.17) is 0 Å². The Hall–Kier alpha value is -1.20. The summed E-state index contributed by atoms with van der Waals surface area (Å²) >= 11 is 0. The van der Waals surface area contributed by atoms with E-state index in [0.717, 1.165) is 38.1 Å². The largest absolute Gasteiger partial charge is 0.351 e. The molecule has 0 atom stereocenters. The molecule has 3 nitrogen and oxygen atoms in total. The lowest BCUT2D eigenvalue weighted by molar-refractivity contribution is 0.0913. The lowest BCUT2D eigenvalue weighted by atomic mass is 9.81. The molecule has 1 saturated heterocycles. The minimum absolute atomic E-state index is 0. The molecule has 2 N–H and O–H groups in total. The van der Waals surface area contributed by atoms with Crippen LogP contribution in [0.15, 0.2) is 18.2 Å². The minimum atomic E-state index is -0.826. The molecule has 0 radical (unpaired) electrons. The van der Waals surface area contributed by atoms with E-state index in [2.05, 4.69) is 17.6 Å². The van der Waals surface area contributed by atoms with E-state index < -0.39 is 23.1 Å². The van der Waals surface area contributed by atoms with E-state index in [1.165, 1.54) is 6.07 Å². The molecule has 6 heteroatoms. The predicted molar refractivity (Wildman–Crippen MR) is 76.1 cm³/mol. The van der Waals surface area contributed by atoms with Gasteiger partial charge in [-0.25, -0.2) is 8.78 Å². The van der Waals surface area contributed by atoms with Gasteiger partial charge in [-0.2, -0.15) is 0 Å². The van der Waals surface area contributed by atoms with Crippen LogP contribution in [0.4, 0.5) is 8.78 Å². The summed E-state index contributed by atoms with van der Waals surface area (Å²) in [5.74, 6) is -2.34. The van der Waals surface area contributed by atoms with Crippen LogP contribution in [0, 0.1) is 17.0 Å². The molecule has 20 heavy (non-hydrogen) atoms. The average molecular weight is 305 g/mol. The maximum atomic E-state index is 13.5. The van der Waals surface area contributed by atoms with Crippen molar-refractivity contribution in [2.24, 2.45) is 5.41 Å². The monoisotopic (exact) mass is 304 g/mol. The van der Waals surface area contributed by atoms with Gasteiger partial charge in [0.05, 0.1) is 0 Å². The van der Waals surface area contributed by atoms with Crippen LogP contribution in [0.25, 0.3) is 0 Å². The number of benzene rings is 1. The summed E-state index contributed by atoms with van der Waals surface area (Å²) in [6.45, 7) is 4.31. The fourth-order valence-corrected chi connectivity index (χ4v) is 2.30. The van der Waals surface area contributed by atoms with Gasteiger partial charge >= 0.3 is 0 Å². The second-order valence-corrected chi connectivity index (χ2v) is 5.34. The molecule has 1 aliphatic rings. The number of piperidine rings is 1. The second-order valence-electron chi connectivity index (χ2n) is 5.34. The molecular formula is C14H19ClF2N2O. The topological polar surface area (TPSA) is 41.1 Å². The number of halogens is 3. The van der Waals surface area contributed by atoms with Gasteiger partial charge in [0.15, 0.2) is 0 Å². The van der Waals surface area contributed by atoms with E-state index in [1.807, 2.05) is 0 Å². The molecule has 2 rings (SSSR count). The van der Waals surface area contributed by atoms with E-state index in [-0.39, 0.29) is 17.8 Å². The highest BCUT2D eigenvalue weighted by atomic mass is 35.5. The van der Waals surface area contributed by atoms with Crippen molar-refractivity contribution in [1.29, 1.82) is 0 Å². The van der Waals surface area contributed by atoms with E-state index in [9.17, 15) is 13.6 Å². The molecule has 0 spiro atoms. The van der Waals surface area contributed by atoms with Crippen LogP contribution in [-0.4, -0.2) is 25.5 Å². The highest BCUT2D eigenvalue weighted by molar-refractivity contribution is 5.94. The SMILES string of the molecule is CC1(CNC(=O)c2c(F)cccc2F)CCNCC1.Cl. The Morgan fingerprint density at radius 2 is 1.85 bits per heavy atom. The van der Waals surface area contributed by atoms with Gasteiger partial charge < -0.3 is 10.6 Å². The van der Waals surface area contributed by atoms with Gasteiger partial charge in [0.25, 0.3) is 5.91 Å². The first-order valence-corrected chi connectivity index (χ1v) is 6.45. The Morgan fingerprint density at radius 1 is 1.30 bits per heavy atom. The Kier molecular flexibility index (Phi) is 5.89. The molecule has 0 aromatic heterocycles. The molecule has 0 saturated carbocycles. The maximum Gasteiger partial charge on any atom is 0.257 e. The molecule has 1 amide bonds. The Balaban J connectivity index is 0.00000200. The van der Waals surface area contributed by atoms with Crippen LogP contribution in [0.3, 0.4) is 0 Å². The third-order valence-corrected chi connectivity index (χ3v) is 3.68. The zero-order valence-electron chi connectivity index (χ0n) is 11.3. The Morgan fingerprint density at radius 3 is 2.40 bits per heavy atom. The molecule has 0 bridgehead atoms. The summed E-state index contributed by atoms with van der Waals surface area (Å²) in [5, 5.41) is 5.89. The lowest BCUT2D eigenvalue weighted by Crippen LogP contribution is -2.43. The third-order valence-electron chi connectivity index (χ3n) is 3.68. The quantitative estimate of drug-likeness (QED) is 0.901. The fraction of sp³-hybridized carbons (Fsp3) is 0.500. The van der Waals surface area contributed by atoms with Gasteiger partial charge in [-0.05, 0) is 43.5 Å². The highest BCUT2D eigenvalue weighted by Gasteiger charge is 2.28. The van der Waals surface area contributed by atoms with Crippen molar-refractivity contribution in [3.8, 4) is 0 Å². The third kappa shape index (κ3) is 3.90. The molecular weight excluding hydrogens is 286 g/mol. The molecule has 1 fully saturated rings. The van der Waals surface area contributed by atoms with E-state index in [1.54, 1.807) is 0 Å². The summed E-state index contributed by atoms with van der Waals surface area (Å²) in [4.78, 5) is 11.9. The molecule has 1 aromatic carbocycles. The van der Waals surface area contributed by atoms with Crippen molar-refractivity contribution < 1.29 is 13.6 Å². The summed E-state index contributed by atoms with van der Waals surface area (Å²) in [5.41, 5.74) is -0.511. The Bertz CT molecular complexity index is 456. The highest BCUT2D eigenvalue weighted by Crippen LogP contribution is 2.26. The maximum absolute atomic E-state index is 13.5. The van der Waals surface area contributed by atoms with Crippen molar-refractivity contribution >= 4 is 18.3 Å². The number of carbonyl (C=O) groups excluding carboxylic acids is 1. The van der Waals surface area contributed by atoms with Crippen LogP contribution in [0.5, 0.6) is 0 Å². The standard InChI is InChI=1S/C14H18F2N2O.ClH/c1-14(5-7-17-8-6-14)9-18-13(19)12-10(15)3-2-4-11(12)16;/h2-4,17H,5-9H2,1H3,(H,18,19);1H. The summed E-state index contributed by atoms with van der Waals surface area (Å²) in [6, 6.07) is 3.42. The first kappa shape index (κ1) is 16.9.